The van der Waals surface area contributed by atoms with Crippen molar-refractivity contribution in [2.75, 3.05) is 19.7 Å². The van der Waals surface area contributed by atoms with Crippen LogP contribution < -0.4 is 0 Å². The van der Waals surface area contributed by atoms with E-state index in [0.29, 0.717) is 26.1 Å². The summed E-state index contributed by atoms with van der Waals surface area (Å²) in [5, 5.41) is 10.7. The quantitative estimate of drug-likeness (QED) is 0.785. The zero-order chi connectivity index (χ0) is 17.9. The number of aromatic nitrogens is 3. The van der Waals surface area contributed by atoms with E-state index in [0.717, 1.165) is 28.6 Å². The molecule has 0 aliphatic carbocycles. The Hall–Kier alpha value is -2.73. The molecule has 1 saturated heterocycles. The van der Waals surface area contributed by atoms with Crippen molar-refractivity contribution in [3.05, 3.63) is 59.2 Å². The first-order valence-corrected chi connectivity index (χ1v) is 9.00. The number of H-pyrrole nitrogens is 1. The van der Waals surface area contributed by atoms with Gasteiger partial charge in [-0.15, -0.1) is 0 Å². The summed E-state index contributed by atoms with van der Waals surface area (Å²) in [6.07, 6.45) is 1.33. The minimum Gasteiger partial charge on any atom is -0.370 e. The van der Waals surface area contributed by atoms with Gasteiger partial charge in [-0.05, 0) is 35.2 Å². The number of fused-ring (bicyclic) bond motifs is 1. The van der Waals surface area contributed by atoms with E-state index in [-0.39, 0.29) is 12.0 Å². The molecule has 1 fully saturated rings. The maximum atomic E-state index is 12.7. The first-order valence-electron chi connectivity index (χ1n) is 9.00. The van der Waals surface area contributed by atoms with Gasteiger partial charge in [-0.1, -0.05) is 37.3 Å². The van der Waals surface area contributed by atoms with E-state index in [9.17, 15) is 4.79 Å². The van der Waals surface area contributed by atoms with Crippen LogP contribution in [0.25, 0.3) is 11.0 Å². The predicted molar refractivity (Wildman–Crippen MR) is 98.7 cm³/mol. The highest BCUT2D eigenvalue weighted by molar-refractivity contribution is 5.81. The molecule has 134 valence electrons. The van der Waals surface area contributed by atoms with Crippen molar-refractivity contribution in [3.8, 4) is 0 Å². The highest BCUT2D eigenvalue weighted by Crippen LogP contribution is 2.23. The first-order chi connectivity index (χ1) is 12.7. The Kier molecular flexibility index (Phi) is 4.67. The molecule has 1 aliphatic rings. The molecule has 1 N–H and O–H groups in total. The van der Waals surface area contributed by atoms with Gasteiger partial charge in [0.2, 0.25) is 5.91 Å². The van der Waals surface area contributed by atoms with Crippen LogP contribution in [0.4, 0.5) is 0 Å². The highest BCUT2D eigenvalue weighted by Gasteiger charge is 2.25. The molecule has 1 unspecified atom stereocenters. The SMILES string of the molecule is CCc1ccc(C2CN(C(=O)Cc3ccc4n[nH]nc4c3)CCO2)cc1. The Morgan fingerprint density at radius 2 is 1.92 bits per heavy atom. The Bertz CT molecular complexity index is 904. The first kappa shape index (κ1) is 16.7. The average molecular weight is 350 g/mol. The Morgan fingerprint density at radius 1 is 1.15 bits per heavy atom. The van der Waals surface area contributed by atoms with Crippen LogP contribution in [0.15, 0.2) is 42.5 Å². The number of rotatable bonds is 4. The third-order valence-corrected chi connectivity index (χ3v) is 4.91. The molecular weight excluding hydrogens is 328 g/mol. The van der Waals surface area contributed by atoms with Crippen LogP contribution in [-0.4, -0.2) is 45.9 Å². The van der Waals surface area contributed by atoms with Crippen LogP contribution in [0.3, 0.4) is 0 Å². The van der Waals surface area contributed by atoms with Crippen molar-refractivity contribution >= 4 is 16.9 Å². The van der Waals surface area contributed by atoms with Gasteiger partial charge in [0.15, 0.2) is 0 Å². The summed E-state index contributed by atoms with van der Waals surface area (Å²) >= 11 is 0. The molecule has 0 saturated carbocycles. The minimum atomic E-state index is -0.0587. The standard InChI is InChI=1S/C20H22N4O2/c1-2-14-3-6-16(7-4-14)19-13-24(9-10-26-19)20(25)12-15-5-8-17-18(11-15)22-23-21-17/h3-8,11,19H,2,9-10,12-13H2,1H3,(H,21,22,23). The van der Waals surface area contributed by atoms with Crippen LogP contribution in [-0.2, 0) is 22.4 Å². The zero-order valence-electron chi connectivity index (χ0n) is 14.8. The van der Waals surface area contributed by atoms with Crippen molar-refractivity contribution in [1.29, 1.82) is 0 Å². The molecule has 2 aromatic carbocycles. The Balaban J connectivity index is 1.43. The second kappa shape index (κ2) is 7.25. The predicted octanol–water partition coefficient (Wildman–Crippen LogP) is 2.66. The number of hydrogen-bond donors (Lipinski definition) is 1. The molecule has 1 aliphatic heterocycles. The van der Waals surface area contributed by atoms with Crippen molar-refractivity contribution in [1.82, 2.24) is 20.3 Å². The second-order valence-corrected chi connectivity index (χ2v) is 6.62. The van der Waals surface area contributed by atoms with E-state index in [1.54, 1.807) is 0 Å². The van der Waals surface area contributed by atoms with Crippen molar-refractivity contribution in [2.24, 2.45) is 0 Å². The Labute approximate surface area is 152 Å². The number of morpholine rings is 1. The number of carbonyl (C=O) groups is 1. The van der Waals surface area contributed by atoms with Crippen molar-refractivity contribution < 1.29 is 9.53 Å². The van der Waals surface area contributed by atoms with Gasteiger partial charge in [-0.2, -0.15) is 15.4 Å². The molecule has 6 nitrogen and oxygen atoms in total. The summed E-state index contributed by atoms with van der Waals surface area (Å²) in [6.45, 7) is 3.93. The lowest BCUT2D eigenvalue weighted by atomic mass is 10.0. The summed E-state index contributed by atoms with van der Waals surface area (Å²) < 4.78 is 5.90. The highest BCUT2D eigenvalue weighted by atomic mass is 16.5. The van der Waals surface area contributed by atoms with Gasteiger partial charge in [0, 0.05) is 6.54 Å². The largest absolute Gasteiger partial charge is 0.370 e. The lowest BCUT2D eigenvalue weighted by Gasteiger charge is -2.33. The summed E-state index contributed by atoms with van der Waals surface area (Å²) in [6, 6.07) is 14.2. The lowest BCUT2D eigenvalue weighted by Crippen LogP contribution is -2.43. The maximum absolute atomic E-state index is 12.7. The van der Waals surface area contributed by atoms with Crippen LogP contribution in [0.1, 0.15) is 29.7 Å². The fourth-order valence-electron chi connectivity index (χ4n) is 3.33. The van der Waals surface area contributed by atoms with Crippen molar-refractivity contribution in [2.45, 2.75) is 25.9 Å². The van der Waals surface area contributed by atoms with Crippen LogP contribution >= 0.6 is 0 Å². The molecule has 1 aromatic heterocycles. The number of aromatic amines is 1. The third-order valence-electron chi connectivity index (χ3n) is 4.91. The van der Waals surface area contributed by atoms with E-state index in [2.05, 4.69) is 46.6 Å². The Morgan fingerprint density at radius 3 is 2.73 bits per heavy atom. The summed E-state index contributed by atoms with van der Waals surface area (Å²) in [7, 11) is 0. The van der Waals surface area contributed by atoms with Gasteiger partial charge in [0.05, 0.1) is 19.6 Å². The van der Waals surface area contributed by atoms with Gasteiger partial charge in [-0.3, -0.25) is 4.79 Å². The van der Waals surface area contributed by atoms with Crippen LogP contribution in [0.2, 0.25) is 0 Å². The van der Waals surface area contributed by atoms with E-state index in [1.807, 2.05) is 23.1 Å². The maximum Gasteiger partial charge on any atom is 0.227 e. The molecule has 26 heavy (non-hydrogen) atoms. The summed E-state index contributed by atoms with van der Waals surface area (Å²) in [4.78, 5) is 14.6. The number of carbonyl (C=O) groups excluding carboxylic acids is 1. The molecule has 0 radical (unpaired) electrons. The van der Waals surface area contributed by atoms with Crippen molar-refractivity contribution in [3.63, 3.8) is 0 Å². The van der Waals surface area contributed by atoms with Gasteiger partial charge < -0.3 is 9.64 Å². The van der Waals surface area contributed by atoms with E-state index in [1.165, 1.54) is 5.56 Å². The normalized spacial score (nSPS) is 17.6. The molecular formula is C20H22N4O2. The number of nitrogens with one attached hydrogen (secondary N) is 1. The summed E-state index contributed by atoms with van der Waals surface area (Å²) in [5.41, 5.74) is 4.98. The molecule has 1 atom stereocenters. The van der Waals surface area contributed by atoms with Gasteiger partial charge in [0.25, 0.3) is 0 Å². The number of benzene rings is 2. The smallest absolute Gasteiger partial charge is 0.227 e. The third kappa shape index (κ3) is 3.46. The number of aryl methyl sites for hydroxylation is 1. The topological polar surface area (TPSA) is 71.1 Å². The number of ether oxygens (including phenoxy) is 1. The van der Waals surface area contributed by atoms with Gasteiger partial charge >= 0.3 is 0 Å². The number of amides is 1. The second-order valence-electron chi connectivity index (χ2n) is 6.62. The zero-order valence-corrected chi connectivity index (χ0v) is 14.8. The number of nitrogens with zero attached hydrogens (tertiary/aromatic N) is 3. The molecule has 1 amide bonds. The molecule has 2 heterocycles. The van der Waals surface area contributed by atoms with E-state index >= 15 is 0 Å². The minimum absolute atomic E-state index is 0.0587. The molecule has 3 aromatic rings. The molecule has 4 rings (SSSR count). The van der Waals surface area contributed by atoms with Gasteiger partial charge in [-0.25, -0.2) is 0 Å². The van der Waals surface area contributed by atoms with Crippen LogP contribution in [0.5, 0.6) is 0 Å². The van der Waals surface area contributed by atoms with E-state index in [4.69, 9.17) is 4.74 Å². The fraction of sp³-hybridized carbons (Fsp3) is 0.350. The molecule has 0 spiro atoms. The fourth-order valence-corrected chi connectivity index (χ4v) is 3.33. The van der Waals surface area contributed by atoms with E-state index < -0.39 is 0 Å². The molecule has 6 heteroatoms. The van der Waals surface area contributed by atoms with Crippen LogP contribution in [0, 0.1) is 0 Å². The number of hydrogen-bond acceptors (Lipinski definition) is 4. The lowest BCUT2D eigenvalue weighted by molar-refractivity contribution is -0.138. The average Bonchev–Trinajstić information content (AvgIpc) is 3.16. The summed E-state index contributed by atoms with van der Waals surface area (Å²) in [5.74, 6) is 0.117. The molecule has 0 bridgehead atoms. The monoisotopic (exact) mass is 350 g/mol. The van der Waals surface area contributed by atoms with Gasteiger partial charge in [0.1, 0.15) is 17.1 Å².